The number of nitrogen functional groups attached to an aromatic ring is 1. The molecular weight excluding hydrogens is 292 g/mol. The molecule has 0 radical (unpaired) electrons. The Balaban J connectivity index is 2.36. The van der Waals surface area contributed by atoms with Crippen molar-refractivity contribution in [1.29, 1.82) is 10.5 Å². The predicted octanol–water partition coefficient (Wildman–Crippen LogP) is 3.18. The molecule has 2 aromatic rings. The second-order valence-electron chi connectivity index (χ2n) is 5.09. The van der Waals surface area contributed by atoms with Crippen LogP contribution < -0.4 is 10.7 Å². The van der Waals surface area contributed by atoms with Crippen molar-refractivity contribution in [3.05, 3.63) is 50.3 Å². The molecule has 3 N–H and O–H groups in total. The molecular formula is C17H13N4S+. The van der Waals surface area contributed by atoms with E-state index in [4.69, 9.17) is 5.73 Å². The van der Waals surface area contributed by atoms with Crippen LogP contribution in [0.25, 0.3) is 17.2 Å². The molecule has 2 heterocycles. The van der Waals surface area contributed by atoms with Gasteiger partial charge in [0.2, 0.25) is 0 Å². The first-order valence-electron chi connectivity index (χ1n) is 6.71. The Morgan fingerprint density at radius 3 is 2.64 bits per heavy atom. The number of nitriles is 2. The SMILES string of the molecule is CC1=C(C#N)c2[nH+]c(N)c(C#N)c(C)c2C1=Cc1cccs1. The quantitative estimate of drug-likeness (QED) is 0.877. The van der Waals surface area contributed by atoms with Gasteiger partial charge in [0.05, 0.1) is 0 Å². The fourth-order valence-corrected chi connectivity index (χ4v) is 3.45. The number of nitrogens with two attached hydrogens (primary N) is 1. The number of allylic oxidation sites excluding steroid dienone is 3. The molecule has 0 fully saturated rings. The van der Waals surface area contributed by atoms with E-state index in [1.54, 1.807) is 11.3 Å². The van der Waals surface area contributed by atoms with Gasteiger partial charge in [-0.3, -0.25) is 5.73 Å². The van der Waals surface area contributed by atoms with Gasteiger partial charge in [0.15, 0.2) is 5.69 Å². The fourth-order valence-electron chi connectivity index (χ4n) is 2.79. The third kappa shape index (κ3) is 1.92. The highest BCUT2D eigenvalue weighted by Crippen LogP contribution is 2.42. The predicted molar refractivity (Wildman–Crippen MR) is 87.3 cm³/mol. The first-order chi connectivity index (χ1) is 10.6. The van der Waals surface area contributed by atoms with Crippen molar-refractivity contribution in [2.75, 3.05) is 5.73 Å². The number of H-pyrrole nitrogens is 1. The van der Waals surface area contributed by atoms with Gasteiger partial charge >= 0.3 is 0 Å². The van der Waals surface area contributed by atoms with E-state index in [0.717, 1.165) is 27.2 Å². The van der Waals surface area contributed by atoms with Crippen molar-refractivity contribution in [3.63, 3.8) is 0 Å². The maximum Gasteiger partial charge on any atom is 0.289 e. The number of hydrogen-bond donors (Lipinski definition) is 1. The molecule has 0 amide bonds. The number of nitrogens with one attached hydrogen (secondary N) is 1. The van der Waals surface area contributed by atoms with Crippen LogP contribution in [0, 0.1) is 29.6 Å². The molecule has 1 aliphatic carbocycles. The van der Waals surface area contributed by atoms with Gasteiger partial charge in [0.1, 0.15) is 23.3 Å². The molecule has 0 unspecified atom stereocenters. The molecule has 0 aromatic carbocycles. The van der Waals surface area contributed by atoms with Crippen molar-refractivity contribution in [3.8, 4) is 12.1 Å². The number of hydrogen-bond acceptors (Lipinski definition) is 4. The summed E-state index contributed by atoms with van der Waals surface area (Å²) in [6.07, 6.45) is 2.06. The van der Waals surface area contributed by atoms with Gasteiger partial charge in [-0.15, -0.1) is 11.3 Å². The Morgan fingerprint density at radius 2 is 2.05 bits per heavy atom. The molecule has 4 nitrogen and oxygen atoms in total. The summed E-state index contributed by atoms with van der Waals surface area (Å²) in [7, 11) is 0. The normalized spacial score (nSPS) is 14.8. The highest BCUT2D eigenvalue weighted by Gasteiger charge is 2.32. The number of nitrogens with zero attached hydrogens (tertiary/aromatic N) is 2. The largest absolute Gasteiger partial charge is 0.289 e. The number of anilines is 1. The van der Waals surface area contributed by atoms with Crippen LogP contribution in [0.2, 0.25) is 0 Å². The minimum Gasteiger partial charge on any atom is -0.286 e. The molecule has 0 bridgehead atoms. The summed E-state index contributed by atoms with van der Waals surface area (Å²) in [5, 5.41) is 20.8. The van der Waals surface area contributed by atoms with E-state index in [-0.39, 0.29) is 0 Å². The summed E-state index contributed by atoms with van der Waals surface area (Å²) < 4.78 is 0. The zero-order chi connectivity index (χ0) is 15.9. The number of aromatic nitrogens is 1. The topological polar surface area (TPSA) is 87.7 Å². The molecule has 0 atom stereocenters. The number of aromatic amines is 1. The molecule has 5 heteroatoms. The standard InChI is InChI=1S/C17H12N4S/c1-9-12(6-11-4-3-5-22-11)15-10(2)14(8-19)17(20)21-16(15)13(9)7-18/h3-6H,1-2H3,(H2,20,21)/p+1. The lowest BCUT2D eigenvalue weighted by Gasteiger charge is -2.07. The molecule has 0 aliphatic heterocycles. The first kappa shape index (κ1) is 14.1. The highest BCUT2D eigenvalue weighted by atomic mass is 32.1. The van der Waals surface area contributed by atoms with Crippen molar-refractivity contribution in [1.82, 2.24) is 0 Å². The van der Waals surface area contributed by atoms with Gasteiger partial charge in [0, 0.05) is 10.4 Å². The van der Waals surface area contributed by atoms with E-state index in [1.807, 2.05) is 31.4 Å². The summed E-state index contributed by atoms with van der Waals surface area (Å²) in [5.41, 5.74) is 11.2. The molecule has 1 aliphatic rings. The lowest BCUT2D eigenvalue weighted by Crippen LogP contribution is -2.20. The van der Waals surface area contributed by atoms with Gasteiger partial charge in [-0.1, -0.05) is 6.07 Å². The van der Waals surface area contributed by atoms with E-state index in [2.05, 4.69) is 23.2 Å². The smallest absolute Gasteiger partial charge is 0.286 e. The Kier molecular flexibility index (Phi) is 3.29. The lowest BCUT2D eigenvalue weighted by molar-refractivity contribution is -0.364. The van der Waals surface area contributed by atoms with Crippen LogP contribution in [0.15, 0.2) is 23.1 Å². The summed E-state index contributed by atoms with van der Waals surface area (Å²) in [5.74, 6) is 0.302. The molecule has 0 spiro atoms. The van der Waals surface area contributed by atoms with Crippen LogP contribution in [-0.4, -0.2) is 0 Å². The number of pyridine rings is 1. The fraction of sp³-hybridized carbons (Fsp3) is 0.118. The second-order valence-corrected chi connectivity index (χ2v) is 6.06. The van der Waals surface area contributed by atoms with Gasteiger partial charge in [-0.2, -0.15) is 10.5 Å². The van der Waals surface area contributed by atoms with Gasteiger partial charge in [-0.05, 0) is 48.1 Å². The molecule has 0 saturated heterocycles. The molecule has 106 valence electrons. The summed E-state index contributed by atoms with van der Waals surface area (Å²) >= 11 is 1.63. The van der Waals surface area contributed by atoms with Crippen LogP contribution in [0.3, 0.4) is 0 Å². The summed E-state index contributed by atoms with van der Waals surface area (Å²) in [6, 6.07) is 8.39. The van der Waals surface area contributed by atoms with E-state index in [0.29, 0.717) is 22.6 Å². The molecule has 3 rings (SSSR count). The molecule has 2 aromatic heterocycles. The number of thiophene rings is 1. The van der Waals surface area contributed by atoms with Crippen LogP contribution in [0.5, 0.6) is 0 Å². The van der Waals surface area contributed by atoms with Crippen molar-refractivity contribution >= 4 is 34.4 Å². The van der Waals surface area contributed by atoms with Crippen LogP contribution in [0.1, 0.15) is 34.2 Å². The Labute approximate surface area is 132 Å². The minimum absolute atomic E-state index is 0.302. The number of rotatable bonds is 1. The van der Waals surface area contributed by atoms with E-state index >= 15 is 0 Å². The van der Waals surface area contributed by atoms with E-state index in [1.165, 1.54) is 0 Å². The Hall–Kier alpha value is -2.89. The average Bonchev–Trinajstić information content (AvgIpc) is 3.07. The van der Waals surface area contributed by atoms with Gasteiger partial charge in [-0.25, -0.2) is 4.98 Å². The van der Waals surface area contributed by atoms with Crippen LogP contribution in [-0.2, 0) is 0 Å². The van der Waals surface area contributed by atoms with Crippen molar-refractivity contribution in [2.45, 2.75) is 13.8 Å². The summed E-state index contributed by atoms with van der Waals surface area (Å²) in [4.78, 5) is 4.13. The monoisotopic (exact) mass is 305 g/mol. The maximum absolute atomic E-state index is 9.48. The third-order valence-corrected chi connectivity index (χ3v) is 4.70. The zero-order valence-electron chi connectivity index (χ0n) is 12.2. The first-order valence-corrected chi connectivity index (χ1v) is 7.59. The Bertz CT molecular complexity index is 919. The maximum atomic E-state index is 9.48. The Morgan fingerprint density at radius 1 is 1.27 bits per heavy atom. The average molecular weight is 305 g/mol. The molecule has 0 saturated carbocycles. The van der Waals surface area contributed by atoms with Gasteiger partial charge < -0.3 is 0 Å². The zero-order valence-corrected chi connectivity index (χ0v) is 13.0. The molecule has 22 heavy (non-hydrogen) atoms. The minimum atomic E-state index is 0.302. The highest BCUT2D eigenvalue weighted by molar-refractivity contribution is 7.10. The van der Waals surface area contributed by atoms with Crippen molar-refractivity contribution < 1.29 is 4.98 Å². The van der Waals surface area contributed by atoms with E-state index in [9.17, 15) is 10.5 Å². The number of fused-ring (bicyclic) bond motifs is 1. The lowest BCUT2D eigenvalue weighted by atomic mass is 9.97. The van der Waals surface area contributed by atoms with Gasteiger partial charge in [0.25, 0.3) is 5.82 Å². The van der Waals surface area contributed by atoms with E-state index < -0.39 is 0 Å². The van der Waals surface area contributed by atoms with Crippen LogP contribution in [0.4, 0.5) is 5.82 Å². The second kappa shape index (κ2) is 5.14. The summed E-state index contributed by atoms with van der Waals surface area (Å²) in [6.45, 7) is 3.80. The van der Waals surface area contributed by atoms with Crippen molar-refractivity contribution in [2.24, 2.45) is 0 Å². The third-order valence-electron chi connectivity index (χ3n) is 3.88. The van der Waals surface area contributed by atoms with Crippen LogP contribution >= 0.6 is 11.3 Å².